The second kappa shape index (κ2) is 6.41. The van der Waals surface area contributed by atoms with Crippen LogP contribution in [0.1, 0.15) is 35.7 Å². The molecule has 0 aliphatic carbocycles. The Hall–Kier alpha value is -2.04. The van der Waals surface area contributed by atoms with Gasteiger partial charge in [-0.2, -0.15) is 0 Å². The summed E-state index contributed by atoms with van der Waals surface area (Å²) in [4.78, 5) is 17.7. The van der Waals surface area contributed by atoms with Gasteiger partial charge in [-0.15, -0.1) is 0 Å². The van der Waals surface area contributed by atoms with Gasteiger partial charge in [-0.3, -0.25) is 4.79 Å². The number of amides is 1. The zero-order chi connectivity index (χ0) is 14.5. The molecule has 1 atom stereocenters. The van der Waals surface area contributed by atoms with E-state index in [9.17, 15) is 4.79 Å². The van der Waals surface area contributed by atoms with Gasteiger partial charge in [0.05, 0.1) is 6.54 Å². The fourth-order valence-corrected chi connectivity index (χ4v) is 2.49. The number of carbonyl (C=O) groups is 1. The van der Waals surface area contributed by atoms with Gasteiger partial charge in [-0.1, -0.05) is 19.1 Å². The molecule has 0 spiro atoms. The predicted octanol–water partition coefficient (Wildman–Crippen LogP) is 1.33. The molecular formula is C15H22N4O. The van der Waals surface area contributed by atoms with Gasteiger partial charge in [0.2, 0.25) is 5.91 Å². The molecule has 1 unspecified atom stereocenters. The van der Waals surface area contributed by atoms with Gasteiger partial charge in [0.15, 0.2) is 5.96 Å². The Balaban J connectivity index is 2.01. The molecule has 0 bridgehead atoms. The second-order valence-electron chi connectivity index (χ2n) is 5.43. The normalized spacial score (nSPS) is 19.9. The minimum atomic E-state index is -0.423. The molecule has 1 aliphatic rings. The summed E-state index contributed by atoms with van der Waals surface area (Å²) in [6.45, 7) is 4.64. The molecule has 0 aromatic heterocycles. The number of benzene rings is 1. The van der Waals surface area contributed by atoms with E-state index in [0.29, 0.717) is 24.0 Å². The van der Waals surface area contributed by atoms with Gasteiger partial charge >= 0.3 is 0 Å². The molecule has 1 saturated heterocycles. The van der Waals surface area contributed by atoms with Crippen molar-refractivity contribution in [1.29, 1.82) is 0 Å². The van der Waals surface area contributed by atoms with Crippen LogP contribution in [0.25, 0.3) is 0 Å². The van der Waals surface area contributed by atoms with Crippen molar-refractivity contribution in [3.63, 3.8) is 0 Å². The molecule has 1 heterocycles. The first kappa shape index (κ1) is 14.4. The Labute approximate surface area is 119 Å². The van der Waals surface area contributed by atoms with Crippen LogP contribution < -0.4 is 11.5 Å². The molecule has 0 saturated carbocycles. The molecule has 2 rings (SSSR count). The number of likely N-dealkylation sites (tertiary alicyclic amines) is 1. The number of aliphatic imine (C=N–C) groups is 1. The number of hydrogen-bond donors (Lipinski definition) is 2. The monoisotopic (exact) mass is 274 g/mol. The number of carbonyl (C=O) groups excluding carboxylic acids is 1. The molecule has 1 amide bonds. The van der Waals surface area contributed by atoms with Gasteiger partial charge < -0.3 is 16.4 Å². The van der Waals surface area contributed by atoms with Crippen molar-refractivity contribution >= 4 is 11.9 Å². The predicted molar refractivity (Wildman–Crippen MR) is 80.3 cm³/mol. The summed E-state index contributed by atoms with van der Waals surface area (Å²) in [5.41, 5.74) is 12.7. The van der Waals surface area contributed by atoms with E-state index in [1.165, 1.54) is 6.42 Å². The zero-order valence-electron chi connectivity index (χ0n) is 11.9. The van der Waals surface area contributed by atoms with Crippen molar-refractivity contribution in [2.75, 3.05) is 13.1 Å². The summed E-state index contributed by atoms with van der Waals surface area (Å²) in [6, 6.07) is 7.19. The molecule has 20 heavy (non-hydrogen) atoms. The fraction of sp³-hybridized carbons (Fsp3) is 0.467. The number of nitrogens with two attached hydrogens (primary N) is 2. The van der Waals surface area contributed by atoms with Crippen LogP contribution in [-0.2, 0) is 6.54 Å². The summed E-state index contributed by atoms with van der Waals surface area (Å²) in [5, 5.41) is 0. The van der Waals surface area contributed by atoms with Crippen LogP contribution in [0.2, 0.25) is 0 Å². The molecule has 1 aromatic rings. The largest absolute Gasteiger partial charge is 0.370 e. The second-order valence-corrected chi connectivity index (χ2v) is 5.43. The highest BCUT2D eigenvalue weighted by Crippen LogP contribution is 2.15. The fourth-order valence-electron chi connectivity index (χ4n) is 2.49. The van der Waals surface area contributed by atoms with Gasteiger partial charge in [0.1, 0.15) is 0 Å². The van der Waals surface area contributed by atoms with E-state index in [0.717, 1.165) is 25.1 Å². The average Bonchev–Trinajstić information content (AvgIpc) is 2.45. The standard InChI is InChI=1S/C15H22N4O/c1-11-4-3-7-19(10-11)15(17)18-9-12-5-2-6-13(8-12)14(16)20/h2,5-6,8,11H,3-4,7,9-10H2,1H3,(H2,16,20)(H2,17,18). The van der Waals surface area contributed by atoms with Crippen molar-refractivity contribution in [2.24, 2.45) is 22.4 Å². The Morgan fingerprint density at radius 3 is 2.95 bits per heavy atom. The van der Waals surface area contributed by atoms with E-state index in [-0.39, 0.29) is 0 Å². The maximum Gasteiger partial charge on any atom is 0.248 e. The number of primary amides is 1. The first-order valence-electron chi connectivity index (χ1n) is 7.00. The molecule has 4 N–H and O–H groups in total. The van der Waals surface area contributed by atoms with Gasteiger partial charge in [0, 0.05) is 18.7 Å². The number of nitrogens with zero attached hydrogens (tertiary/aromatic N) is 2. The van der Waals surface area contributed by atoms with Crippen LogP contribution in [0, 0.1) is 5.92 Å². The summed E-state index contributed by atoms with van der Waals surface area (Å²) < 4.78 is 0. The molecule has 1 fully saturated rings. The van der Waals surface area contributed by atoms with Crippen molar-refractivity contribution in [1.82, 2.24) is 4.90 Å². The molecule has 108 valence electrons. The van der Waals surface area contributed by atoms with E-state index in [1.54, 1.807) is 12.1 Å². The number of guanidine groups is 1. The summed E-state index contributed by atoms with van der Waals surface area (Å²) in [5.74, 6) is 0.824. The summed E-state index contributed by atoms with van der Waals surface area (Å²) in [7, 11) is 0. The van der Waals surface area contributed by atoms with E-state index in [4.69, 9.17) is 11.5 Å². The lowest BCUT2D eigenvalue weighted by molar-refractivity contribution is 0.1000. The smallest absolute Gasteiger partial charge is 0.248 e. The first-order valence-corrected chi connectivity index (χ1v) is 7.00. The quantitative estimate of drug-likeness (QED) is 0.644. The van der Waals surface area contributed by atoms with Crippen LogP contribution in [-0.4, -0.2) is 29.9 Å². The maximum absolute atomic E-state index is 11.1. The third kappa shape index (κ3) is 3.73. The Kier molecular flexibility index (Phi) is 4.61. The van der Waals surface area contributed by atoms with Crippen LogP contribution in [0.4, 0.5) is 0 Å². The minimum Gasteiger partial charge on any atom is -0.370 e. The van der Waals surface area contributed by atoms with Gasteiger partial charge in [-0.25, -0.2) is 4.99 Å². The average molecular weight is 274 g/mol. The number of piperidine rings is 1. The minimum absolute atomic E-state index is 0.423. The lowest BCUT2D eigenvalue weighted by atomic mass is 10.0. The van der Waals surface area contributed by atoms with Crippen LogP contribution >= 0.6 is 0 Å². The van der Waals surface area contributed by atoms with Crippen LogP contribution in [0.15, 0.2) is 29.3 Å². The van der Waals surface area contributed by atoms with E-state index in [1.807, 2.05) is 12.1 Å². The zero-order valence-corrected chi connectivity index (χ0v) is 11.9. The third-order valence-corrected chi connectivity index (χ3v) is 3.62. The topological polar surface area (TPSA) is 84.7 Å². The molecule has 5 nitrogen and oxygen atoms in total. The van der Waals surface area contributed by atoms with Crippen LogP contribution in [0.5, 0.6) is 0 Å². The van der Waals surface area contributed by atoms with E-state index >= 15 is 0 Å². The van der Waals surface area contributed by atoms with Gasteiger partial charge in [0.25, 0.3) is 0 Å². The molecule has 1 aromatic carbocycles. The number of hydrogen-bond acceptors (Lipinski definition) is 2. The van der Waals surface area contributed by atoms with E-state index < -0.39 is 5.91 Å². The first-order chi connectivity index (χ1) is 9.56. The van der Waals surface area contributed by atoms with Crippen molar-refractivity contribution in [2.45, 2.75) is 26.3 Å². The van der Waals surface area contributed by atoms with E-state index in [2.05, 4.69) is 16.8 Å². The van der Waals surface area contributed by atoms with Crippen molar-refractivity contribution in [3.8, 4) is 0 Å². The Morgan fingerprint density at radius 1 is 1.45 bits per heavy atom. The lowest BCUT2D eigenvalue weighted by Gasteiger charge is -2.31. The third-order valence-electron chi connectivity index (χ3n) is 3.62. The van der Waals surface area contributed by atoms with Crippen LogP contribution in [0.3, 0.4) is 0 Å². The Bertz CT molecular complexity index is 512. The number of rotatable bonds is 3. The molecule has 1 aliphatic heterocycles. The summed E-state index contributed by atoms with van der Waals surface area (Å²) in [6.07, 6.45) is 2.42. The Morgan fingerprint density at radius 2 is 2.25 bits per heavy atom. The molecule has 5 heteroatoms. The molecule has 0 radical (unpaired) electrons. The van der Waals surface area contributed by atoms with Gasteiger partial charge in [-0.05, 0) is 36.5 Å². The SMILES string of the molecule is CC1CCCN(C(N)=NCc2cccc(C(N)=O)c2)C1. The van der Waals surface area contributed by atoms with Crippen molar-refractivity contribution in [3.05, 3.63) is 35.4 Å². The van der Waals surface area contributed by atoms with Crippen molar-refractivity contribution < 1.29 is 4.79 Å². The highest BCUT2D eigenvalue weighted by atomic mass is 16.1. The highest BCUT2D eigenvalue weighted by molar-refractivity contribution is 5.92. The highest BCUT2D eigenvalue weighted by Gasteiger charge is 2.17. The lowest BCUT2D eigenvalue weighted by Crippen LogP contribution is -2.43. The summed E-state index contributed by atoms with van der Waals surface area (Å²) >= 11 is 0. The maximum atomic E-state index is 11.1. The molecular weight excluding hydrogens is 252 g/mol.